The molecule has 0 aliphatic carbocycles. The van der Waals surface area contributed by atoms with Crippen LogP contribution in [-0.2, 0) is 12.8 Å². The molecule has 3 aromatic rings. The predicted molar refractivity (Wildman–Crippen MR) is 108 cm³/mol. The van der Waals surface area contributed by atoms with Gasteiger partial charge >= 0.3 is 0 Å². The van der Waals surface area contributed by atoms with Crippen LogP contribution in [0.25, 0.3) is 0 Å². The van der Waals surface area contributed by atoms with Gasteiger partial charge in [-0.25, -0.2) is 4.98 Å². The first-order valence-electron chi connectivity index (χ1n) is 9.02. The van der Waals surface area contributed by atoms with Gasteiger partial charge in [0.05, 0.1) is 6.33 Å². The van der Waals surface area contributed by atoms with Gasteiger partial charge in [-0.15, -0.1) is 0 Å². The van der Waals surface area contributed by atoms with Crippen LogP contribution < -0.4 is 21.7 Å². The lowest BCUT2D eigenvalue weighted by molar-refractivity contribution is 0.924. The Bertz CT molecular complexity index is 815. The van der Waals surface area contributed by atoms with Crippen LogP contribution in [0.3, 0.4) is 0 Å². The summed E-state index contributed by atoms with van der Waals surface area (Å²) in [6.45, 7) is 4.15. The average Bonchev–Trinajstić information content (AvgIpc) is 3.17. The van der Waals surface area contributed by atoms with E-state index in [0.29, 0.717) is 30.9 Å². The molecule has 9 nitrogen and oxygen atoms in total. The molecule has 0 radical (unpaired) electrons. The first-order valence-corrected chi connectivity index (χ1v) is 9.02. The molecule has 6 N–H and O–H groups in total. The molecule has 1 aromatic carbocycles. The molecule has 0 saturated carbocycles. The zero-order valence-electron chi connectivity index (χ0n) is 15.4. The minimum absolute atomic E-state index is 0.537. The van der Waals surface area contributed by atoms with Gasteiger partial charge in [0.15, 0.2) is 0 Å². The summed E-state index contributed by atoms with van der Waals surface area (Å²) >= 11 is 0. The SMILES string of the molecule is CCNc1nc(NCCc2ccc(N)cc2)nc(NCCc2cnc[nH]2)n1. The monoisotopic (exact) mass is 367 g/mol. The van der Waals surface area contributed by atoms with Gasteiger partial charge in [0.1, 0.15) is 0 Å². The third-order valence-electron chi connectivity index (χ3n) is 3.88. The van der Waals surface area contributed by atoms with E-state index in [9.17, 15) is 0 Å². The fourth-order valence-corrected chi connectivity index (χ4v) is 2.50. The number of H-pyrrole nitrogens is 1. The smallest absolute Gasteiger partial charge is 0.229 e. The lowest BCUT2D eigenvalue weighted by Crippen LogP contribution is -2.15. The summed E-state index contributed by atoms with van der Waals surface area (Å²) in [4.78, 5) is 20.3. The molecule has 0 atom stereocenters. The van der Waals surface area contributed by atoms with Gasteiger partial charge in [-0.1, -0.05) is 12.1 Å². The third-order valence-corrected chi connectivity index (χ3v) is 3.88. The molecule has 2 heterocycles. The standard InChI is InChI=1S/C18H25N9/c1-2-21-16-25-17(22-9-7-13-3-5-14(19)6-4-13)27-18(26-16)23-10-8-15-11-20-12-24-15/h3-6,11-12H,2,7-10,19H2,1H3,(H,20,24)(H3,21,22,23,25,26,27). The summed E-state index contributed by atoms with van der Waals surface area (Å²) < 4.78 is 0. The molecule has 0 amide bonds. The molecule has 0 aliphatic rings. The van der Waals surface area contributed by atoms with Crippen molar-refractivity contribution in [1.82, 2.24) is 24.9 Å². The Kier molecular flexibility index (Phi) is 6.40. The zero-order chi connectivity index (χ0) is 18.9. The lowest BCUT2D eigenvalue weighted by Gasteiger charge is -2.10. The van der Waals surface area contributed by atoms with Crippen LogP contribution in [0.1, 0.15) is 18.2 Å². The fraction of sp³-hybridized carbons (Fsp3) is 0.333. The topological polar surface area (TPSA) is 129 Å². The van der Waals surface area contributed by atoms with E-state index in [1.54, 1.807) is 6.33 Å². The van der Waals surface area contributed by atoms with Crippen molar-refractivity contribution in [2.45, 2.75) is 19.8 Å². The Hall–Kier alpha value is -3.36. The van der Waals surface area contributed by atoms with Crippen LogP contribution in [0.15, 0.2) is 36.8 Å². The van der Waals surface area contributed by atoms with Crippen molar-refractivity contribution in [3.63, 3.8) is 0 Å². The van der Waals surface area contributed by atoms with E-state index in [4.69, 9.17) is 5.73 Å². The van der Waals surface area contributed by atoms with Gasteiger partial charge in [-0.2, -0.15) is 15.0 Å². The van der Waals surface area contributed by atoms with E-state index < -0.39 is 0 Å². The summed E-state index contributed by atoms with van der Waals surface area (Å²) in [5.41, 5.74) is 8.75. The van der Waals surface area contributed by atoms with Gasteiger partial charge in [0.2, 0.25) is 17.8 Å². The number of aromatic amines is 1. The number of rotatable bonds is 10. The highest BCUT2D eigenvalue weighted by molar-refractivity contribution is 5.43. The summed E-state index contributed by atoms with van der Waals surface area (Å²) in [7, 11) is 0. The lowest BCUT2D eigenvalue weighted by atomic mass is 10.1. The molecule has 3 rings (SSSR count). The van der Waals surface area contributed by atoms with Gasteiger partial charge in [0, 0.05) is 43.6 Å². The average molecular weight is 367 g/mol. The highest BCUT2D eigenvalue weighted by atomic mass is 15.3. The zero-order valence-corrected chi connectivity index (χ0v) is 15.4. The van der Waals surface area contributed by atoms with Gasteiger partial charge in [-0.3, -0.25) is 0 Å². The molecule has 9 heteroatoms. The molecule has 0 bridgehead atoms. The second-order valence-electron chi connectivity index (χ2n) is 6.01. The van der Waals surface area contributed by atoms with E-state index >= 15 is 0 Å². The minimum atomic E-state index is 0.537. The second kappa shape index (κ2) is 9.37. The van der Waals surface area contributed by atoms with E-state index in [1.807, 2.05) is 37.4 Å². The fourth-order valence-electron chi connectivity index (χ4n) is 2.50. The number of nitrogens with zero attached hydrogens (tertiary/aromatic N) is 4. The van der Waals surface area contributed by atoms with E-state index in [-0.39, 0.29) is 0 Å². The van der Waals surface area contributed by atoms with Crippen LogP contribution in [0, 0.1) is 0 Å². The van der Waals surface area contributed by atoms with Gasteiger partial charge in [0.25, 0.3) is 0 Å². The molecule has 2 aromatic heterocycles. The minimum Gasteiger partial charge on any atom is -0.399 e. The molecule has 0 fully saturated rings. The number of imidazole rings is 1. The van der Waals surface area contributed by atoms with Gasteiger partial charge in [-0.05, 0) is 31.0 Å². The van der Waals surface area contributed by atoms with Crippen LogP contribution in [0.2, 0.25) is 0 Å². The highest BCUT2D eigenvalue weighted by Crippen LogP contribution is 2.11. The summed E-state index contributed by atoms with van der Waals surface area (Å²) in [5, 5.41) is 9.63. The Morgan fingerprint density at radius 1 is 0.889 bits per heavy atom. The molecular weight excluding hydrogens is 342 g/mol. The Morgan fingerprint density at radius 2 is 1.52 bits per heavy atom. The van der Waals surface area contributed by atoms with Crippen LogP contribution in [-0.4, -0.2) is 44.6 Å². The molecular formula is C18H25N9. The first-order chi connectivity index (χ1) is 13.2. The second-order valence-corrected chi connectivity index (χ2v) is 6.01. The molecule has 0 saturated heterocycles. The number of hydrogen-bond acceptors (Lipinski definition) is 8. The Labute approximate surface area is 158 Å². The number of aromatic nitrogens is 5. The molecule has 0 unspecified atom stereocenters. The number of hydrogen-bond donors (Lipinski definition) is 5. The highest BCUT2D eigenvalue weighted by Gasteiger charge is 2.06. The largest absolute Gasteiger partial charge is 0.399 e. The maximum Gasteiger partial charge on any atom is 0.229 e. The third kappa shape index (κ3) is 5.84. The van der Waals surface area contributed by atoms with Crippen LogP contribution in [0.4, 0.5) is 23.5 Å². The number of anilines is 4. The number of nitrogen functional groups attached to an aromatic ring is 1. The molecule has 142 valence electrons. The van der Waals surface area contributed by atoms with E-state index in [0.717, 1.165) is 30.8 Å². The van der Waals surface area contributed by atoms with Crippen molar-refractivity contribution in [3.05, 3.63) is 48.0 Å². The maximum absolute atomic E-state index is 5.72. The Morgan fingerprint density at radius 3 is 2.11 bits per heavy atom. The van der Waals surface area contributed by atoms with E-state index in [2.05, 4.69) is 40.9 Å². The van der Waals surface area contributed by atoms with Crippen molar-refractivity contribution >= 4 is 23.5 Å². The predicted octanol–water partition coefficient (Wildman–Crippen LogP) is 1.92. The van der Waals surface area contributed by atoms with E-state index in [1.165, 1.54) is 5.56 Å². The first kappa shape index (κ1) is 18.4. The number of benzene rings is 1. The van der Waals surface area contributed by atoms with Crippen LogP contribution in [0.5, 0.6) is 0 Å². The molecule has 27 heavy (non-hydrogen) atoms. The van der Waals surface area contributed by atoms with Gasteiger partial charge < -0.3 is 26.7 Å². The Balaban J connectivity index is 1.57. The van der Waals surface area contributed by atoms with Crippen molar-refractivity contribution in [3.8, 4) is 0 Å². The maximum atomic E-state index is 5.72. The summed E-state index contributed by atoms with van der Waals surface area (Å²) in [6.07, 6.45) is 5.14. The molecule has 0 aliphatic heterocycles. The quantitative estimate of drug-likeness (QED) is 0.344. The number of nitrogens with one attached hydrogen (secondary N) is 4. The summed E-state index contributed by atoms with van der Waals surface area (Å²) in [5.74, 6) is 1.63. The van der Waals surface area contributed by atoms with Crippen molar-refractivity contribution in [2.24, 2.45) is 0 Å². The summed E-state index contributed by atoms with van der Waals surface area (Å²) in [6, 6.07) is 7.86. The van der Waals surface area contributed by atoms with Crippen molar-refractivity contribution < 1.29 is 0 Å². The van der Waals surface area contributed by atoms with Crippen LogP contribution >= 0.6 is 0 Å². The molecule has 0 spiro atoms. The van der Waals surface area contributed by atoms with Crippen molar-refractivity contribution in [2.75, 3.05) is 41.3 Å². The normalized spacial score (nSPS) is 10.6. The van der Waals surface area contributed by atoms with Crippen molar-refractivity contribution in [1.29, 1.82) is 0 Å². The number of nitrogens with two attached hydrogens (primary N) is 1.